The molecule has 0 aromatic carbocycles. The van der Waals surface area contributed by atoms with Gasteiger partial charge >= 0.3 is 0 Å². The molecule has 0 saturated heterocycles. The highest BCUT2D eigenvalue weighted by Crippen LogP contribution is 2.49. The Morgan fingerprint density at radius 3 is 2.50 bits per heavy atom. The number of amides is 1. The highest BCUT2D eigenvalue weighted by molar-refractivity contribution is 5.80. The van der Waals surface area contributed by atoms with Gasteiger partial charge in [0.2, 0.25) is 5.91 Å². The third-order valence-electron chi connectivity index (χ3n) is 3.58. The van der Waals surface area contributed by atoms with Crippen molar-refractivity contribution in [3.05, 3.63) is 0 Å². The largest absolute Gasteiger partial charge is 0.368 e. The number of fused-ring (bicyclic) bond motifs is 2. The molecule has 4 atom stereocenters. The van der Waals surface area contributed by atoms with Gasteiger partial charge < -0.3 is 11.5 Å². The van der Waals surface area contributed by atoms with Crippen molar-refractivity contribution in [3.63, 3.8) is 0 Å². The normalized spacial score (nSPS) is 41.6. The van der Waals surface area contributed by atoms with E-state index >= 15 is 0 Å². The van der Waals surface area contributed by atoms with Crippen LogP contribution >= 0.6 is 0 Å². The Morgan fingerprint density at radius 1 is 1.33 bits per heavy atom. The van der Waals surface area contributed by atoms with E-state index in [1.165, 1.54) is 19.3 Å². The number of carbonyl (C=O) groups excluding carboxylic acids is 1. The van der Waals surface area contributed by atoms with Crippen molar-refractivity contribution < 1.29 is 4.79 Å². The Hall–Kier alpha value is -0.570. The van der Waals surface area contributed by atoms with E-state index < -0.39 is 0 Å². The molecule has 1 amide bonds. The molecule has 0 aromatic heterocycles. The van der Waals surface area contributed by atoms with Gasteiger partial charge in [0.25, 0.3) is 0 Å². The van der Waals surface area contributed by atoms with Crippen LogP contribution in [0.4, 0.5) is 0 Å². The van der Waals surface area contributed by atoms with Crippen LogP contribution in [0.1, 0.15) is 25.7 Å². The number of hydrogen-bond donors (Lipinski definition) is 2. The molecule has 3 nitrogen and oxygen atoms in total. The van der Waals surface area contributed by atoms with Gasteiger partial charge in [-0.1, -0.05) is 6.42 Å². The summed E-state index contributed by atoms with van der Waals surface area (Å²) in [6.45, 7) is 0. The third-order valence-corrected chi connectivity index (χ3v) is 3.58. The number of carbonyl (C=O) groups is 1. The standard InChI is InChI=1S/C9H16N2O/c10-8(9(11)12)7-4-5-1-2-6(7)3-5/h5-8H,1-4,10H2,(H2,11,12). The summed E-state index contributed by atoms with van der Waals surface area (Å²) in [5.74, 6) is 1.59. The number of hydrogen-bond acceptors (Lipinski definition) is 2. The summed E-state index contributed by atoms with van der Waals surface area (Å²) >= 11 is 0. The van der Waals surface area contributed by atoms with Crippen LogP contribution in [0.25, 0.3) is 0 Å². The van der Waals surface area contributed by atoms with Gasteiger partial charge in [-0.15, -0.1) is 0 Å². The Labute approximate surface area is 72.5 Å². The summed E-state index contributed by atoms with van der Waals surface area (Å²) in [4.78, 5) is 10.9. The first-order valence-electron chi connectivity index (χ1n) is 4.73. The highest BCUT2D eigenvalue weighted by Gasteiger charge is 2.43. The summed E-state index contributed by atoms with van der Waals surface area (Å²) in [6.07, 6.45) is 5.02. The lowest BCUT2D eigenvalue weighted by Gasteiger charge is -2.25. The molecule has 2 rings (SSSR count). The molecule has 0 spiro atoms. The van der Waals surface area contributed by atoms with Gasteiger partial charge in [-0.25, -0.2) is 0 Å². The maximum atomic E-state index is 10.9. The Morgan fingerprint density at radius 2 is 2.08 bits per heavy atom. The Bertz CT molecular complexity index is 205. The van der Waals surface area contributed by atoms with Crippen molar-refractivity contribution in [2.24, 2.45) is 29.2 Å². The first-order valence-corrected chi connectivity index (χ1v) is 4.73. The van der Waals surface area contributed by atoms with E-state index in [9.17, 15) is 4.79 Å². The van der Waals surface area contributed by atoms with Crippen molar-refractivity contribution in [2.75, 3.05) is 0 Å². The summed E-state index contributed by atoms with van der Waals surface area (Å²) in [5.41, 5.74) is 10.9. The fourth-order valence-corrected chi connectivity index (χ4v) is 2.94. The van der Waals surface area contributed by atoms with Crippen molar-refractivity contribution >= 4 is 5.91 Å². The molecule has 2 saturated carbocycles. The second-order valence-corrected chi connectivity index (χ2v) is 4.27. The molecule has 0 heterocycles. The molecule has 2 fully saturated rings. The summed E-state index contributed by atoms with van der Waals surface area (Å²) in [6, 6.07) is -0.389. The SMILES string of the molecule is NC(=O)C(N)C1CC2CCC1C2. The summed E-state index contributed by atoms with van der Waals surface area (Å²) in [5, 5.41) is 0. The Kier molecular flexibility index (Phi) is 1.83. The van der Waals surface area contributed by atoms with Crippen LogP contribution in [0.3, 0.4) is 0 Å². The van der Waals surface area contributed by atoms with Gasteiger partial charge in [-0.3, -0.25) is 4.79 Å². The zero-order chi connectivity index (χ0) is 8.72. The van der Waals surface area contributed by atoms with Crippen molar-refractivity contribution in [1.82, 2.24) is 0 Å². The minimum absolute atomic E-state index is 0.326. The van der Waals surface area contributed by atoms with Gasteiger partial charge in [-0.05, 0) is 37.0 Å². The second kappa shape index (κ2) is 2.73. The maximum Gasteiger partial charge on any atom is 0.234 e. The third kappa shape index (κ3) is 1.12. The van der Waals surface area contributed by atoms with Gasteiger partial charge in [0.15, 0.2) is 0 Å². The van der Waals surface area contributed by atoms with Gasteiger partial charge in [0.05, 0.1) is 6.04 Å². The number of rotatable bonds is 2. The molecule has 2 aliphatic carbocycles. The van der Waals surface area contributed by atoms with Crippen LogP contribution in [-0.2, 0) is 4.79 Å². The lowest BCUT2D eigenvalue weighted by Crippen LogP contribution is -2.44. The highest BCUT2D eigenvalue weighted by atomic mass is 16.1. The fraction of sp³-hybridized carbons (Fsp3) is 0.889. The fourth-order valence-electron chi connectivity index (χ4n) is 2.94. The molecule has 4 N–H and O–H groups in total. The lowest BCUT2D eigenvalue weighted by atomic mass is 9.83. The van der Waals surface area contributed by atoms with Gasteiger partial charge in [0, 0.05) is 0 Å². The van der Waals surface area contributed by atoms with E-state index in [4.69, 9.17) is 11.5 Å². The molecule has 0 aliphatic heterocycles. The predicted octanol–water partition coefficient (Wildman–Crippen LogP) is 0.235. The molecule has 4 unspecified atom stereocenters. The Balaban J connectivity index is 2.02. The summed E-state index contributed by atoms with van der Waals surface area (Å²) in [7, 11) is 0. The van der Waals surface area contributed by atoms with Crippen LogP contribution < -0.4 is 11.5 Å². The molecular formula is C9H16N2O. The number of primary amides is 1. The van der Waals surface area contributed by atoms with Crippen LogP contribution in [0.2, 0.25) is 0 Å². The first kappa shape index (κ1) is 8.05. The van der Waals surface area contributed by atoms with Crippen molar-refractivity contribution in [2.45, 2.75) is 31.7 Å². The molecule has 0 radical (unpaired) electrons. The van der Waals surface area contributed by atoms with Crippen LogP contribution in [-0.4, -0.2) is 11.9 Å². The number of nitrogens with two attached hydrogens (primary N) is 2. The predicted molar refractivity (Wildman–Crippen MR) is 46.1 cm³/mol. The van der Waals surface area contributed by atoms with E-state index in [1.54, 1.807) is 0 Å². The van der Waals surface area contributed by atoms with E-state index in [1.807, 2.05) is 0 Å². The van der Waals surface area contributed by atoms with E-state index in [2.05, 4.69) is 0 Å². The molecule has 68 valence electrons. The average Bonchev–Trinajstić information content (AvgIpc) is 2.62. The van der Waals surface area contributed by atoms with E-state index in [0.29, 0.717) is 11.8 Å². The van der Waals surface area contributed by atoms with Crippen LogP contribution in [0.15, 0.2) is 0 Å². The van der Waals surface area contributed by atoms with E-state index in [0.717, 1.165) is 12.3 Å². The average molecular weight is 168 g/mol. The molecule has 2 aliphatic rings. The topological polar surface area (TPSA) is 69.1 Å². The molecule has 0 aromatic rings. The first-order chi connectivity index (χ1) is 5.68. The minimum atomic E-state index is -0.389. The van der Waals surface area contributed by atoms with Crippen LogP contribution in [0.5, 0.6) is 0 Å². The summed E-state index contributed by atoms with van der Waals surface area (Å²) < 4.78 is 0. The van der Waals surface area contributed by atoms with Gasteiger partial charge in [0.1, 0.15) is 0 Å². The van der Waals surface area contributed by atoms with Crippen LogP contribution in [0, 0.1) is 17.8 Å². The van der Waals surface area contributed by atoms with E-state index in [-0.39, 0.29) is 11.9 Å². The molecule has 3 heteroatoms. The van der Waals surface area contributed by atoms with Crippen molar-refractivity contribution in [3.8, 4) is 0 Å². The minimum Gasteiger partial charge on any atom is -0.368 e. The van der Waals surface area contributed by atoms with Gasteiger partial charge in [-0.2, -0.15) is 0 Å². The quantitative estimate of drug-likeness (QED) is 0.620. The molecule has 2 bridgehead atoms. The monoisotopic (exact) mass is 168 g/mol. The zero-order valence-electron chi connectivity index (χ0n) is 7.20. The zero-order valence-corrected chi connectivity index (χ0v) is 7.20. The lowest BCUT2D eigenvalue weighted by molar-refractivity contribution is -0.120. The maximum absolute atomic E-state index is 10.9. The van der Waals surface area contributed by atoms with Crippen molar-refractivity contribution in [1.29, 1.82) is 0 Å². The smallest absolute Gasteiger partial charge is 0.234 e. The molecule has 12 heavy (non-hydrogen) atoms. The second-order valence-electron chi connectivity index (χ2n) is 4.27. The molecular weight excluding hydrogens is 152 g/mol.